The molecule has 1 amide bonds. The number of likely N-dealkylation sites (tertiary alicyclic amines) is 1. The number of carbonyl (C=O) groups is 1. The molecule has 2 aliphatic rings. The van der Waals surface area contributed by atoms with Gasteiger partial charge in [0.25, 0.3) is 5.56 Å². The first-order valence-corrected chi connectivity index (χ1v) is 8.57. The molecular weight excluding hydrogens is 322 g/mol. The quantitative estimate of drug-likeness (QED) is 0.892. The number of hydrogen-bond acceptors (Lipinski definition) is 4. The van der Waals surface area contributed by atoms with Gasteiger partial charge in [-0.1, -0.05) is 24.3 Å². The Kier molecular flexibility index (Phi) is 4.09. The molecule has 3 heterocycles. The van der Waals surface area contributed by atoms with E-state index in [-0.39, 0.29) is 17.5 Å². The summed E-state index contributed by atoms with van der Waals surface area (Å²) in [6.45, 7) is 2.85. The van der Waals surface area contributed by atoms with Gasteiger partial charge in [0, 0.05) is 44.2 Å². The van der Waals surface area contributed by atoms with Gasteiger partial charge in [0.2, 0.25) is 0 Å². The third kappa shape index (κ3) is 3.19. The molecule has 1 saturated heterocycles. The SMILES string of the molecule is O=C(O)N1CCC(c2cc(=O)[nH]o2)CC1CN1Cc2ccccc2C1. The summed E-state index contributed by atoms with van der Waals surface area (Å²) in [4.78, 5) is 26.8. The number of nitrogens with one attached hydrogen (secondary N) is 1. The highest BCUT2D eigenvalue weighted by Crippen LogP contribution is 2.32. The van der Waals surface area contributed by atoms with E-state index >= 15 is 0 Å². The van der Waals surface area contributed by atoms with Crippen molar-refractivity contribution < 1.29 is 14.4 Å². The summed E-state index contributed by atoms with van der Waals surface area (Å²) in [5.74, 6) is 0.703. The molecule has 2 unspecified atom stereocenters. The summed E-state index contributed by atoms with van der Waals surface area (Å²) >= 11 is 0. The lowest BCUT2D eigenvalue weighted by Crippen LogP contribution is -2.49. The first-order chi connectivity index (χ1) is 12.1. The average molecular weight is 343 g/mol. The van der Waals surface area contributed by atoms with Gasteiger partial charge in [0.1, 0.15) is 5.76 Å². The minimum atomic E-state index is -0.879. The molecule has 2 N–H and O–H groups in total. The van der Waals surface area contributed by atoms with E-state index in [1.54, 1.807) is 0 Å². The molecule has 4 rings (SSSR count). The number of rotatable bonds is 3. The van der Waals surface area contributed by atoms with Crippen LogP contribution < -0.4 is 5.56 Å². The molecule has 132 valence electrons. The number of hydrogen-bond donors (Lipinski definition) is 2. The van der Waals surface area contributed by atoms with Crippen LogP contribution in [0.1, 0.15) is 35.6 Å². The Morgan fingerprint density at radius 2 is 2.00 bits per heavy atom. The molecule has 1 fully saturated rings. The van der Waals surface area contributed by atoms with Crippen LogP contribution in [0.4, 0.5) is 4.79 Å². The van der Waals surface area contributed by atoms with Crippen LogP contribution in [0, 0.1) is 0 Å². The van der Waals surface area contributed by atoms with Crippen LogP contribution >= 0.6 is 0 Å². The molecule has 0 spiro atoms. The summed E-state index contributed by atoms with van der Waals surface area (Å²) < 4.78 is 5.25. The number of amides is 1. The fourth-order valence-corrected chi connectivity index (χ4v) is 4.06. The molecule has 0 bridgehead atoms. The van der Waals surface area contributed by atoms with E-state index < -0.39 is 6.09 Å². The van der Waals surface area contributed by atoms with Crippen LogP contribution in [0.2, 0.25) is 0 Å². The fourth-order valence-electron chi connectivity index (χ4n) is 4.06. The summed E-state index contributed by atoms with van der Waals surface area (Å²) in [5.41, 5.74) is 2.38. The fraction of sp³-hybridized carbons (Fsp3) is 0.444. The highest BCUT2D eigenvalue weighted by Gasteiger charge is 2.35. The standard InChI is InChI=1S/C18H21N3O4/c22-17-8-16(25-19-17)12-5-6-21(18(23)24)15(7-12)11-20-9-13-3-1-2-4-14(13)10-20/h1-4,8,12,15H,5-7,9-11H2,(H,19,22)(H,23,24). The molecule has 7 heteroatoms. The second-order valence-electron chi connectivity index (χ2n) is 6.90. The van der Waals surface area contributed by atoms with E-state index in [0.29, 0.717) is 31.7 Å². The largest absolute Gasteiger partial charge is 0.465 e. The topological polar surface area (TPSA) is 89.8 Å². The molecule has 2 aromatic rings. The molecule has 0 saturated carbocycles. The smallest absolute Gasteiger partial charge is 0.407 e. The Morgan fingerprint density at radius 1 is 1.28 bits per heavy atom. The number of nitrogens with zero attached hydrogens (tertiary/aromatic N) is 2. The molecule has 0 radical (unpaired) electrons. The molecule has 2 aliphatic heterocycles. The van der Waals surface area contributed by atoms with Crippen molar-refractivity contribution in [3.8, 4) is 0 Å². The summed E-state index contributed by atoms with van der Waals surface area (Å²) in [6, 6.07) is 9.70. The van der Waals surface area contributed by atoms with Crippen molar-refractivity contribution in [1.82, 2.24) is 15.0 Å². The van der Waals surface area contributed by atoms with Gasteiger partial charge in [-0.2, -0.15) is 5.16 Å². The van der Waals surface area contributed by atoms with Gasteiger partial charge in [0.05, 0.1) is 0 Å². The number of H-pyrrole nitrogens is 1. The van der Waals surface area contributed by atoms with Gasteiger partial charge in [0.15, 0.2) is 0 Å². The number of piperidine rings is 1. The molecule has 7 nitrogen and oxygen atoms in total. The minimum Gasteiger partial charge on any atom is -0.465 e. The van der Waals surface area contributed by atoms with Gasteiger partial charge in [-0.25, -0.2) is 4.79 Å². The summed E-state index contributed by atoms with van der Waals surface area (Å²) in [7, 11) is 0. The van der Waals surface area contributed by atoms with Gasteiger partial charge in [-0.05, 0) is 24.0 Å². The maximum Gasteiger partial charge on any atom is 0.407 e. The van der Waals surface area contributed by atoms with Crippen LogP contribution in [0.3, 0.4) is 0 Å². The van der Waals surface area contributed by atoms with E-state index in [9.17, 15) is 14.7 Å². The highest BCUT2D eigenvalue weighted by molar-refractivity contribution is 5.65. The van der Waals surface area contributed by atoms with Crippen molar-refractivity contribution in [2.24, 2.45) is 0 Å². The van der Waals surface area contributed by atoms with Crippen LogP contribution in [-0.4, -0.2) is 45.3 Å². The van der Waals surface area contributed by atoms with Gasteiger partial charge < -0.3 is 14.5 Å². The van der Waals surface area contributed by atoms with Crippen LogP contribution in [0.25, 0.3) is 0 Å². The third-order valence-corrected chi connectivity index (χ3v) is 5.28. The minimum absolute atomic E-state index is 0.0736. The average Bonchev–Trinajstić information content (AvgIpc) is 3.20. The Bertz CT molecular complexity index is 802. The molecular formula is C18H21N3O4. The predicted molar refractivity (Wildman–Crippen MR) is 90.4 cm³/mol. The second-order valence-corrected chi connectivity index (χ2v) is 6.90. The number of benzene rings is 1. The summed E-state index contributed by atoms with van der Waals surface area (Å²) in [5, 5.41) is 11.9. The van der Waals surface area contributed by atoms with E-state index in [2.05, 4.69) is 22.2 Å². The van der Waals surface area contributed by atoms with Crippen molar-refractivity contribution >= 4 is 6.09 Å². The summed E-state index contributed by atoms with van der Waals surface area (Å²) in [6.07, 6.45) is 0.458. The van der Waals surface area contributed by atoms with Gasteiger partial charge in [-0.15, -0.1) is 0 Å². The molecule has 0 aliphatic carbocycles. The number of carboxylic acid groups (broad SMARTS) is 1. The molecule has 1 aromatic carbocycles. The normalized spacial score (nSPS) is 23.6. The first kappa shape index (κ1) is 16.0. The lowest BCUT2D eigenvalue weighted by atomic mass is 9.89. The number of fused-ring (bicyclic) bond motifs is 1. The van der Waals surface area contributed by atoms with E-state index in [1.165, 1.54) is 22.1 Å². The number of aromatic nitrogens is 1. The van der Waals surface area contributed by atoms with Crippen LogP contribution in [-0.2, 0) is 13.1 Å². The van der Waals surface area contributed by atoms with Crippen molar-refractivity contribution in [2.75, 3.05) is 13.1 Å². The van der Waals surface area contributed by atoms with E-state index in [1.807, 2.05) is 12.1 Å². The highest BCUT2D eigenvalue weighted by atomic mass is 16.5. The van der Waals surface area contributed by atoms with Crippen molar-refractivity contribution in [3.05, 3.63) is 57.6 Å². The Balaban J connectivity index is 1.48. The Morgan fingerprint density at radius 3 is 2.60 bits per heavy atom. The Hall–Kier alpha value is -2.54. The predicted octanol–water partition coefficient (Wildman–Crippen LogP) is 2.21. The van der Waals surface area contributed by atoms with Gasteiger partial charge in [-0.3, -0.25) is 9.69 Å². The third-order valence-electron chi connectivity index (χ3n) is 5.28. The zero-order valence-corrected chi connectivity index (χ0v) is 13.9. The van der Waals surface area contributed by atoms with Crippen molar-refractivity contribution in [3.63, 3.8) is 0 Å². The van der Waals surface area contributed by atoms with E-state index in [4.69, 9.17) is 4.52 Å². The maximum atomic E-state index is 11.6. The molecule has 1 aromatic heterocycles. The monoisotopic (exact) mass is 343 g/mol. The Labute approximate surface area is 144 Å². The zero-order valence-electron chi connectivity index (χ0n) is 13.9. The molecule has 2 atom stereocenters. The van der Waals surface area contributed by atoms with Crippen molar-refractivity contribution in [2.45, 2.75) is 37.9 Å². The number of aromatic amines is 1. The van der Waals surface area contributed by atoms with Crippen molar-refractivity contribution in [1.29, 1.82) is 0 Å². The van der Waals surface area contributed by atoms with E-state index in [0.717, 1.165) is 13.1 Å². The zero-order chi connectivity index (χ0) is 17.4. The van der Waals surface area contributed by atoms with Crippen LogP contribution in [0.15, 0.2) is 39.6 Å². The van der Waals surface area contributed by atoms with Crippen LogP contribution in [0.5, 0.6) is 0 Å². The maximum absolute atomic E-state index is 11.6. The first-order valence-electron chi connectivity index (χ1n) is 8.57. The second kappa shape index (κ2) is 6.40. The lowest BCUT2D eigenvalue weighted by molar-refractivity contribution is 0.0767. The lowest BCUT2D eigenvalue weighted by Gasteiger charge is -2.38. The molecule has 25 heavy (non-hydrogen) atoms. The van der Waals surface area contributed by atoms with Gasteiger partial charge >= 0.3 is 6.09 Å².